The Balaban J connectivity index is 1.36. The Labute approximate surface area is 212 Å². The number of halogens is 3. The maximum Gasteiger partial charge on any atom is 0.389 e. The molecule has 6 nitrogen and oxygen atoms in total. The van der Waals surface area contributed by atoms with E-state index in [9.17, 15) is 23.2 Å². The van der Waals surface area contributed by atoms with Gasteiger partial charge < -0.3 is 10.1 Å². The molecule has 0 saturated carbocycles. The van der Waals surface area contributed by atoms with Gasteiger partial charge in [-0.15, -0.1) is 0 Å². The van der Waals surface area contributed by atoms with Gasteiger partial charge in [0.2, 0.25) is 0 Å². The van der Waals surface area contributed by atoms with E-state index in [0.717, 1.165) is 22.3 Å². The summed E-state index contributed by atoms with van der Waals surface area (Å²) in [6, 6.07) is 17.4. The van der Waals surface area contributed by atoms with Crippen LogP contribution in [0, 0.1) is 11.3 Å². The molecule has 190 valence electrons. The number of alkyl halides is 3. The lowest BCUT2D eigenvalue weighted by atomic mass is 9.78. The van der Waals surface area contributed by atoms with E-state index in [-0.39, 0.29) is 18.6 Å². The molecule has 0 radical (unpaired) electrons. The van der Waals surface area contributed by atoms with Crippen molar-refractivity contribution in [1.29, 1.82) is 5.26 Å². The van der Waals surface area contributed by atoms with Gasteiger partial charge in [-0.05, 0) is 53.7 Å². The standard InChI is InChI=1S/C28H25F3N4O2/c29-28(30,31)10-4-12-37-22-7-8-25-20(13-22)9-11-27(25)14-23(24(15-32)26(36)34-27)21-16-33-35(18-21)17-19-5-2-1-3-6-19/h1-3,5-8,13,16,18H,4,9-12,14,17H2,(H,34,36). The summed E-state index contributed by atoms with van der Waals surface area (Å²) in [5.74, 6) is 0.0932. The van der Waals surface area contributed by atoms with Crippen molar-refractivity contribution in [2.75, 3.05) is 6.61 Å². The van der Waals surface area contributed by atoms with E-state index in [1.807, 2.05) is 48.7 Å². The van der Waals surface area contributed by atoms with Crippen molar-refractivity contribution in [2.45, 2.75) is 50.4 Å². The van der Waals surface area contributed by atoms with Crippen LogP contribution in [-0.4, -0.2) is 28.5 Å². The van der Waals surface area contributed by atoms with Crippen molar-refractivity contribution in [3.05, 3.63) is 88.8 Å². The fraction of sp³-hybridized carbons (Fsp3) is 0.321. The van der Waals surface area contributed by atoms with Gasteiger partial charge in [0.1, 0.15) is 17.4 Å². The Morgan fingerprint density at radius 1 is 1.19 bits per heavy atom. The van der Waals surface area contributed by atoms with Crippen LogP contribution in [0.15, 0.2) is 66.5 Å². The molecule has 0 fully saturated rings. The van der Waals surface area contributed by atoms with E-state index in [1.54, 1.807) is 16.9 Å². The number of rotatable bonds is 7. The Morgan fingerprint density at radius 3 is 2.76 bits per heavy atom. The zero-order valence-corrected chi connectivity index (χ0v) is 20.0. The van der Waals surface area contributed by atoms with Gasteiger partial charge in [0, 0.05) is 24.6 Å². The molecule has 9 heteroatoms. The van der Waals surface area contributed by atoms with Crippen LogP contribution < -0.4 is 10.1 Å². The largest absolute Gasteiger partial charge is 0.494 e. The van der Waals surface area contributed by atoms with E-state index in [4.69, 9.17) is 4.74 Å². The minimum Gasteiger partial charge on any atom is -0.494 e. The van der Waals surface area contributed by atoms with E-state index < -0.39 is 24.0 Å². The second-order valence-electron chi connectivity index (χ2n) is 9.48. The SMILES string of the molecule is N#CC1=C(c2cnn(Cc3ccccc3)c2)CC2(CCc3cc(OCCCC(F)(F)F)ccc32)NC1=O. The molecule has 1 atom stereocenters. The Kier molecular flexibility index (Phi) is 6.50. The first-order valence-corrected chi connectivity index (χ1v) is 12.1. The Hall–Kier alpha value is -4.06. The van der Waals surface area contributed by atoms with Crippen LogP contribution in [0.4, 0.5) is 13.2 Å². The first-order chi connectivity index (χ1) is 17.8. The van der Waals surface area contributed by atoms with Crippen LogP contribution in [0.2, 0.25) is 0 Å². The fourth-order valence-electron chi connectivity index (χ4n) is 5.18. The van der Waals surface area contributed by atoms with Crippen LogP contribution >= 0.6 is 0 Å². The van der Waals surface area contributed by atoms with Crippen molar-refractivity contribution >= 4 is 11.5 Å². The number of nitrogens with one attached hydrogen (secondary N) is 1. The maximum atomic E-state index is 13.1. The average molecular weight is 507 g/mol. The number of fused-ring (bicyclic) bond motifs is 2. The number of hydrogen-bond donors (Lipinski definition) is 1. The minimum atomic E-state index is -4.20. The molecule has 5 rings (SSSR count). The highest BCUT2D eigenvalue weighted by Gasteiger charge is 2.45. The lowest BCUT2D eigenvalue weighted by molar-refractivity contribution is -0.136. The molecule has 0 saturated heterocycles. The third kappa shape index (κ3) is 5.24. The van der Waals surface area contributed by atoms with Gasteiger partial charge in [0.15, 0.2) is 0 Å². The molecule has 1 amide bonds. The number of aryl methyl sites for hydroxylation is 1. The van der Waals surface area contributed by atoms with Crippen molar-refractivity contribution < 1.29 is 22.7 Å². The molecule has 2 heterocycles. The van der Waals surface area contributed by atoms with E-state index in [1.165, 1.54) is 0 Å². The molecule has 2 aromatic carbocycles. The molecule has 37 heavy (non-hydrogen) atoms. The molecule has 1 unspecified atom stereocenters. The highest BCUT2D eigenvalue weighted by Crippen LogP contribution is 2.47. The number of ether oxygens (including phenoxy) is 1. The molecule has 1 N–H and O–H groups in total. The van der Waals surface area contributed by atoms with Crippen LogP contribution in [-0.2, 0) is 23.3 Å². The molecule has 2 aliphatic rings. The maximum absolute atomic E-state index is 13.1. The molecular formula is C28H25F3N4O2. The molecule has 1 spiro atoms. The second-order valence-corrected chi connectivity index (χ2v) is 9.48. The number of carbonyl (C=O) groups is 1. The number of hydrogen-bond acceptors (Lipinski definition) is 4. The lowest BCUT2D eigenvalue weighted by Gasteiger charge is -2.36. The Bertz CT molecular complexity index is 1390. The lowest BCUT2D eigenvalue weighted by Crippen LogP contribution is -2.48. The second kappa shape index (κ2) is 9.77. The van der Waals surface area contributed by atoms with Crippen molar-refractivity contribution in [3.63, 3.8) is 0 Å². The first-order valence-electron chi connectivity index (χ1n) is 12.1. The van der Waals surface area contributed by atoms with Gasteiger partial charge in [-0.3, -0.25) is 9.48 Å². The number of aromatic nitrogens is 2. The number of nitrogens with zero attached hydrogens (tertiary/aromatic N) is 3. The number of amides is 1. The summed E-state index contributed by atoms with van der Waals surface area (Å²) >= 11 is 0. The summed E-state index contributed by atoms with van der Waals surface area (Å²) in [6.45, 7) is 0.549. The van der Waals surface area contributed by atoms with Gasteiger partial charge in [0.25, 0.3) is 5.91 Å². The van der Waals surface area contributed by atoms with Crippen LogP contribution in [0.5, 0.6) is 5.75 Å². The smallest absolute Gasteiger partial charge is 0.389 e. The van der Waals surface area contributed by atoms with Crippen LogP contribution in [0.1, 0.15) is 47.9 Å². The topological polar surface area (TPSA) is 79.9 Å². The summed E-state index contributed by atoms with van der Waals surface area (Å²) in [4.78, 5) is 13.1. The summed E-state index contributed by atoms with van der Waals surface area (Å²) in [7, 11) is 0. The van der Waals surface area contributed by atoms with Crippen molar-refractivity contribution in [2.24, 2.45) is 0 Å². The minimum absolute atomic E-state index is 0.0223. The van der Waals surface area contributed by atoms with E-state index in [2.05, 4.69) is 16.5 Å². The zero-order chi connectivity index (χ0) is 26.0. The molecule has 1 aromatic heterocycles. The predicted molar refractivity (Wildman–Crippen MR) is 130 cm³/mol. The van der Waals surface area contributed by atoms with Crippen LogP contribution in [0.25, 0.3) is 5.57 Å². The van der Waals surface area contributed by atoms with Crippen LogP contribution in [0.3, 0.4) is 0 Å². The average Bonchev–Trinajstić information content (AvgIpc) is 3.46. The highest BCUT2D eigenvalue weighted by atomic mass is 19.4. The molecule has 1 aliphatic carbocycles. The van der Waals surface area contributed by atoms with Gasteiger partial charge in [-0.25, -0.2) is 0 Å². The highest BCUT2D eigenvalue weighted by molar-refractivity contribution is 6.07. The van der Waals surface area contributed by atoms with Gasteiger partial charge in [-0.2, -0.15) is 23.5 Å². The number of nitriles is 1. The first kappa shape index (κ1) is 24.6. The summed E-state index contributed by atoms with van der Waals surface area (Å²) < 4.78 is 44.5. The third-order valence-electron chi connectivity index (χ3n) is 6.93. The van der Waals surface area contributed by atoms with E-state index >= 15 is 0 Å². The van der Waals surface area contributed by atoms with E-state index in [0.29, 0.717) is 37.1 Å². The normalized spacial score (nSPS) is 19.0. The molecule has 0 bridgehead atoms. The molecular weight excluding hydrogens is 481 g/mol. The molecule has 1 aliphatic heterocycles. The third-order valence-corrected chi connectivity index (χ3v) is 6.93. The van der Waals surface area contributed by atoms with Gasteiger partial charge >= 0.3 is 6.18 Å². The summed E-state index contributed by atoms with van der Waals surface area (Å²) in [5, 5.41) is 17.3. The summed E-state index contributed by atoms with van der Waals surface area (Å²) in [6.07, 6.45) is 0.129. The van der Waals surface area contributed by atoms with Crippen molar-refractivity contribution in [1.82, 2.24) is 15.1 Å². The number of carbonyl (C=O) groups excluding carboxylic acids is 1. The fourth-order valence-corrected chi connectivity index (χ4v) is 5.18. The van der Waals surface area contributed by atoms with Gasteiger partial charge in [-0.1, -0.05) is 36.4 Å². The zero-order valence-electron chi connectivity index (χ0n) is 20.0. The molecule has 3 aromatic rings. The summed E-state index contributed by atoms with van der Waals surface area (Å²) in [5.41, 5.74) is 3.82. The predicted octanol–water partition coefficient (Wildman–Crippen LogP) is 5.29. The Morgan fingerprint density at radius 2 is 2.00 bits per heavy atom. The van der Waals surface area contributed by atoms with Gasteiger partial charge in [0.05, 0.1) is 24.9 Å². The quantitative estimate of drug-likeness (QED) is 0.442. The number of benzene rings is 2. The van der Waals surface area contributed by atoms with Crippen molar-refractivity contribution in [3.8, 4) is 11.8 Å². The monoisotopic (exact) mass is 506 g/mol.